The van der Waals surface area contributed by atoms with Gasteiger partial charge in [-0.2, -0.15) is 0 Å². The van der Waals surface area contributed by atoms with Gasteiger partial charge in [-0.1, -0.05) is 57.2 Å². The van der Waals surface area contributed by atoms with Gasteiger partial charge >= 0.3 is 0 Å². The molecule has 8 unspecified atom stereocenters. The predicted molar refractivity (Wildman–Crippen MR) is 138 cm³/mol. The van der Waals surface area contributed by atoms with Crippen LogP contribution in [0.5, 0.6) is 0 Å². The Morgan fingerprint density at radius 3 is 2.53 bits per heavy atom. The minimum absolute atomic E-state index is 0.124. The Morgan fingerprint density at radius 2 is 1.82 bits per heavy atom. The van der Waals surface area contributed by atoms with Gasteiger partial charge in [0.15, 0.2) is 0 Å². The van der Waals surface area contributed by atoms with Crippen LogP contribution in [0, 0.1) is 34.5 Å². The van der Waals surface area contributed by atoms with Gasteiger partial charge in [0.2, 0.25) is 0 Å². The molecule has 0 amide bonds. The van der Waals surface area contributed by atoms with Gasteiger partial charge in [0.1, 0.15) is 0 Å². The van der Waals surface area contributed by atoms with Gasteiger partial charge in [0.25, 0.3) is 0 Å². The zero-order valence-electron chi connectivity index (χ0n) is 21.6. The van der Waals surface area contributed by atoms with Crippen LogP contribution in [0.4, 0.5) is 0 Å². The van der Waals surface area contributed by atoms with Gasteiger partial charge < -0.3 is 10.2 Å². The van der Waals surface area contributed by atoms with Crippen LogP contribution in [-0.4, -0.2) is 27.4 Å². The summed E-state index contributed by atoms with van der Waals surface area (Å²) in [5.74, 6) is 2.72. The fraction of sp³-hybridized carbons (Fsp3) is 0.774. The molecule has 3 heteroatoms. The average molecular weight is 466 g/mol. The van der Waals surface area contributed by atoms with Crippen LogP contribution in [0.1, 0.15) is 103 Å². The summed E-state index contributed by atoms with van der Waals surface area (Å²) in [6.07, 6.45) is 23.0. The third-order valence-electron chi connectivity index (χ3n) is 11.1. The molecule has 0 spiro atoms. The number of aliphatic hydroxyl groups is 2. The molecule has 34 heavy (non-hydrogen) atoms. The maximum Gasteiger partial charge on any atom is 0.0577 e. The second kappa shape index (κ2) is 10.1. The van der Waals surface area contributed by atoms with Crippen LogP contribution in [0.15, 0.2) is 36.2 Å². The molecule has 8 atom stereocenters. The van der Waals surface area contributed by atoms with Crippen molar-refractivity contribution in [2.75, 3.05) is 0 Å². The van der Waals surface area contributed by atoms with Gasteiger partial charge in [0, 0.05) is 12.4 Å². The minimum atomic E-state index is -0.202. The molecule has 1 heterocycles. The van der Waals surface area contributed by atoms with Crippen molar-refractivity contribution in [2.45, 2.75) is 116 Å². The van der Waals surface area contributed by atoms with Crippen LogP contribution in [0.2, 0.25) is 0 Å². The molecule has 0 aromatic carbocycles. The van der Waals surface area contributed by atoms with Gasteiger partial charge in [0.05, 0.1) is 12.2 Å². The minimum Gasteiger partial charge on any atom is -0.393 e. The maximum absolute atomic E-state index is 11.2. The molecule has 4 fully saturated rings. The number of hydrogen-bond acceptors (Lipinski definition) is 3. The molecule has 0 bridgehead atoms. The van der Waals surface area contributed by atoms with Crippen molar-refractivity contribution in [2.24, 2.45) is 34.5 Å². The first-order chi connectivity index (χ1) is 16.4. The quantitative estimate of drug-likeness (QED) is 0.477. The Labute approximate surface area is 207 Å². The average Bonchev–Trinajstić information content (AvgIpc) is 3.15. The summed E-state index contributed by atoms with van der Waals surface area (Å²) in [6.45, 7) is 5.00. The molecule has 5 aliphatic carbocycles. The number of fused-ring (bicyclic) bond motifs is 5. The van der Waals surface area contributed by atoms with E-state index in [9.17, 15) is 10.2 Å². The highest BCUT2D eigenvalue weighted by atomic mass is 16.3. The van der Waals surface area contributed by atoms with E-state index in [2.05, 4.69) is 31.0 Å². The second-order valence-electron chi connectivity index (χ2n) is 12.8. The summed E-state index contributed by atoms with van der Waals surface area (Å²) in [7, 11) is 0. The lowest BCUT2D eigenvalue weighted by atomic mass is 9.47. The number of hydrogen-bond donors (Lipinski definition) is 2. The molecule has 3 nitrogen and oxygen atoms in total. The highest BCUT2D eigenvalue weighted by Crippen LogP contribution is 2.66. The number of pyridine rings is 1. The van der Waals surface area contributed by atoms with Crippen LogP contribution >= 0.6 is 0 Å². The molecule has 1 aromatic rings. The third-order valence-corrected chi connectivity index (χ3v) is 11.1. The van der Waals surface area contributed by atoms with Crippen molar-refractivity contribution in [3.8, 4) is 0 Å². The standard InChI is InChI=1S/C27H39NO2.C4H8/c1-26-13-11-20(29)16-19(26)6-7-21-22-8-9-24(27(22,2)14-12-23(21)26)25(30)10-5-18-4-3-15-28-17-18;1-2-4-3-1/h3-4,6,15,17,20-25,29-30H,5,7-14,16H2,1-2H3;1-4H2. The van der Waals surface area contributed by atoms with Crippen molar-refractivity contribution in [1.29, 1.82) is 0 Å². The van der Waals surface area contributed by atoms with E-state index in [0.717, 1.165) is 49.9 Å². The molecular formula is C31H47NO2. The number of aliphatic hydroxyl groups excluding tert-OH is 2. The Morgan fingerprint density at radius 1 is 1.03 bits per heavy atom. The van der Waals surface area contributed by atoms with Crippen molar-refractivity contribution in [3.05, 3.63) is 41.7 Å². The number of allylic oxidation sites excluding steroid dienone is 1. The molecule has 0 radical (unpaired) electrons. The first kappa shape index (κ1) is 24.5. The van der Waals surface area contributed by atoms with Gasteiger partial charge in [-0.15, -0.1) is 0 Å². The highest BCUT2D eigenvalue weighted by Gasteiger charge is 2.59. The van der Waals surface area contributed by atoms with E-state index in [0.29, 0.717) is 11.3 Å². The Kier molecular flexibility index (Phi) is 7.24. The molecule has 2 N–H and O–H groups in total. The molecule has 0 aliphatic heterocycles. The lowest BCUT2D eigenvalue weighted by Gasteiger charge is -2.58. The second-order valence-corrected chi connectivity index (χ2v) is 12.8. The van der Waals surface area contributed by atoms with E-state index in [1.54, 1.807) is 5.57 Å². The number of aromatic nitrogens is 1. The SMILES string of the molecule is C1CCC1.CC12CCC(O)CC1=CCC1C2CCC2(C)C(C(O)CCc3cccnc3)CCC12. The monoisotopic (exact) mass is 465 g/mol. The fourth-order valence-corrected chi connectivity index (χ4v) is 8.63. The topological polar surface area (TPSA) is 53.4 Å². The Balaban J connectivity index is 0.000000547. The van der Waals surface area contributed by atoms with Crippen LogP contribution in [-0.2, 0) is 6.42 Å². The van der Waals surface area contributed by atoms with E-state index in [-0.39, 0.29) is 17.6 Å². The van der Waals surface area contributed by atoms with Crippen molar-refractivity contribution in [1.82, 2.24) is 4.98 Å². The van der Waals surface area contributed by atoms with E-state index in [1.165, 1.54) is 63.4 Å². The molecule has 4 saturated carbocycles. The smallest absolute Gasteiger partial charge is 0.0577 e. The first-order valence-corrected chi connectivity index (χ1v) is 14.4. The molecular weight excluding hydrogens is 418 g/mol. The van der Waals surface area contributed by atoms with Crippen LogP contribution in [0.3, 0.4) is 0 Å². The van der Waals surface area contributed by atoms with Crippen LogP contribution in [0.25, 0.3) is 0 Å². The largest absolute Gasteiger partial charge is 0.393 e. The van der Waals surface area contributed by atoms with Gasteiger partial charge in [-0.25, -0.2) is 0 Å². The zero-order valence-corrected chi connectivity index (χ0v) is 21.6. The number of nitrogens with zero attached hydrogens (tertiary/aromatic N) is 1. The highest BCUT2D eigenvalue weighted by molar-refractivity contribution is 5.25. The molecule has 1 aromatic heterocycles. The summed E-state index contributed by atoms with van der Waals surface area (Å²) in [6, 6.07) is 4.11. The summed E-state index contributed by atoms with van der Waals surface area (Å²) in [5, 5.41) is 21.4. The Bertz CT molecular complexity index is 844. The zero-order chi connectivity index (χ0) is 23.8. The molecule has 5 aliphatic rings. The van der Waals surface area contributed by atoms with Gasteiger partial charge in [-0.05, 0) is 110 Å². The summed E-state index contributed by atoms with van der Waals surface area (Å²) in [5.41, 5.74) is 3.38. The van der Waals surface area contributed by atoms with Crippen molar-refractivity contribution in [3.63, 3.8) is 0 Å². The van der Waals surface area contributed by atoms with E-state index >= 15 is 0 Å². The number of rotatable bonds is 4. The summed E-state index contributed by atoms with van der Waals surface area (Å²) in [4.78, 5) is 4.23. The normalized spacial score (nSPS) is 41.5. The third kappa shape index (κ3) is 4.52. The molecule has 6 rings (SSSR count). The van der Waals surface area contributed by atoms with E-state index in [4.69, 9.17) is 0 Å². The Hall–Kier alpha value is -1.19. The van der Waals surface area contributed by atoms with Crippen LogP contribution < -0.4 is 0 Å². The van der Waals surface area contributed by atoms with Gasteiger partial charge in [-0.3, -0.25) is 4.98 Å². The maximum atomic E-state index is 11.2. The lowest BCUT2D eigenvalue weighted by molar-refractivity contribution is -0.0713. The van der Waals surface area contributed by atoms with E-state index in [1.807, 2.05) is 18.5 Å². The lowest BCUT2D eigenvalue weighted by Crippen LogP contribution is -2.51. The fourth-order valence-electron chi connectivity index (χ4n) is 8.63. The first-order valence-electron chi connectivity index (χ1n) is 14.4. The van der Waals surface area contributed by atoms with Crippen molar-refractivity contribution < 1.29 is 10.2 Å². The molecule has 188 valence electrons. The number of aryl methyl sites for hydroxylation is 1. The summed E-state index contributed by atoms with van der Waals surface area (Å²) < 4.78 is 0. The predicted octanol–water partition coefficient (Wildman–Crippen LogP) is 6.88. The van der Waals surface area contributed by atoms with Crippen molar-refractivity contribution >= 4 is 0 Å². The summed E-state index contributed by atoms with van der Waals surface area (Å²) >= 11 is 0. The van der Waals surface area contributed by atoms with E-state index < -0.39 is 0 Å². The molecule has 0 saturated heterocycles.